The zero-order chi connectivity index (χ0) is 13.7. The molecular weight excluding hydrogens is 285 g/mol. The maximum atomic E-state index is 11.9. The Balaban J connectivity index is 1.80. The van der Waals surface area contributed by atoms with E-state index in [0.717, 1.165) is 32.5 Å². The molecule has 0 bridgehead atoms. The Morgan fingerprint density at radius 2 is 2.05 bits per heavy atom. The van der Waals surface area contributed by atoms with Crippen molar-refractivity contribution in [1.82, 2.24) is 0 Å². The molecular formula is C14H17Cl2NO2. The van der Waals surface area contributed by atoms with Crippen LogP contribution in [0.25, 0.3) is 0 Å². The van der Waals surface area contributed by atoms with Gasteiger partial charge in [0.2, 0.25) is 5.91 Å². The molecule has 0 spiro atoms. The lowest BCUT2D eigenvalue weighted by Gasteiger charge is -2.21. The maximum Gasteiger partial charge on any atom is 0.224 e. The minimum atomic E-state index is -0.00397. The number of rotatable bonds is 4. The standard InChI is InChI=1S/C14H17Cl2NO2/c15-11-2-3-13(12(16)9-11)17-14(18)4-1-10-5-7-19-8-6-10/h2-3,9-10H,1,4-8H2,(H,17,18). The highest BCUT2D eigenvalue weighted by molar-refractivity contribution is 6.36. The van der Waals surface area contributed by atoms with E-state index in [2.05, 4.69) is 5.32 Å². The number of halogens is 2. The molecule has 1 heterocycles. The summed E-state index contributed by atoms with van der Waals surface area (Å²) in [7, 11) is 0. The number of carbonyl (C=O) groups is 1. The number of hydrogen-bond donors (Lipinski definition) is 1. The van der Waals surface area contributed by atoms with E-state index < -0.39 is 0 Å². The van der Waals surface area contributed by atoms with Gasteiger partial charge in [0, 0.05) is 24.7 Å². The molecule has 0 radical (unpaired) electrons. The summed E-state index contributed by atoms with van der Waals surface area (Å²) in [6, 6.07) is 5.05. The van der Waals surface area contributed by atoms with Crippen LogP contribution in [0.15, 0.2) is 18.2 Å². The van der Waals surface area contributed by atoms with E-state index in [1.165, 1.54) is 0 Å². The van der Waals surface area contributed by atoms with Gasteiger partial charge in [-0.2, -0.15) is 0 Å². The molecule has 0 aliphatic carbocycles. The Morgan fingerprint density at radius 3 is 2.74 bits per heavy atom. The van der Waals surface area contributed by atoms with E-state index in [0.29, 0.717) is 28.1 Å². The van der Waals surface area contributed by atoms with Gasteiger partial charge >= 0.3 is 0 Å². The molecule has 0 atom stereocenters. The fourth-order valence-corrected chi connectivity index (χ4v) is 2.63. The fraction of sp³-hybridized carbons (Fsp3) is 0.500. The van der Waals surface area contributed by atoms with Gasteiger partial charge in [0.1, 0.15) is 0 Å². The number of carbonyl (C=O) groups excluding carboxylic acids is 1. The van der Waals surface area contributed by atoms with Crippen LogP contribution in [0.5, 0.6) is 0 Å². The highest BCUT2D eigenvalue weighted by atomic mass is 35.5. The first-order valence-electron chi connectivity index (χ1n) is 6.48. The first kappa shape index (κ1) is 14.6. The summed E-state index contributed by atoms with van der Waals surface area (Å²) < 4.78 is 5.30. The van der Waals surface area contributed by atoms with Gasteiger partial charge in [-0.3, -0.25) is 4.79 Å². The van der Waals surface area contributed by atoms with E-state index in [-0.39, 0.29) is 5.91 Å². The second kappa shape index (κ2) is 7.13. The minimum absolute atomic E-state index is 0.00397. The van der Waals surface area contributed by atoms with Crippen molar-refractivity contribution in [3.05, 3.63) is 28.2 Å². The van der Waals surface area contributed by atoms with Gasteiger partial charge in [-0.25, -0.2) is 0 Å². The summed E-state index contributed by atoms with van der Waals surface area (Å²) in [5.74, 6) is 0.593. The summed E-state index contributed by atoms with van der Waals surface area (Å²) in [4.78, 5) is 11.9. The maximum absolute atomic E-state index is 11.9. The Morgan fingerprint density at radius 1 is 1.32 bits per heavy atom. The largest absolute Gasteiger partial charge is 0.381 e. The lowest BCUT2D eigenvalue weighted by molar-refractivity contribution is -0.116. The predicted octanol–water partition coefficient (Wildman–Crippen LogP) is 4.14. The Bertz CT molecular complexity index is 445. The average molecular weight is 302 g/mol. The summed E-state index contributed by atoms with van der Waals surface area (Å²) >= 11 is 11.8. The third kappa shape index (κ3) is 4.68. The van der Waals surface area contributed by atoms with Crippen LogP contribution in [0.1, 0.15) is 25.7 Å². The topological polar surface area (TPSA) is 38.3 Å². The summed E-state index contributed by atoms with van der Waals surface area (Å²) in [6.45, 7) is 1.63. The SMILES string of the molecule is O=C(CCC1CCOCC1)Nc1ccc(Cl)cc1Cl. The molecule has 2 rings (SSSR count). The Kier molecular flexibility index (Phi) is 5.49. The van der Waals surface area contributed by atoms with E-state index in [4.69, 9.17) is 27.9 Å². The molecule has 1 N–H and O–H groups in total. The fourth-order valence-electron chi connectivity index (χ4n) is 2.17. The molecule has 1 aromatic carbocycles. The van der Waals surface area contributed by atoms with Gasteiger partial charge in [0.15, 0.2) is 0 Å². The minimum Gasteiger partial charge on any atom is -0.381 e. The Labute approximate surface area is 123 Å². The van der Waals surface area contributed by atoms with Crippen LogP contribution in [-0.4, -0.2) is 19.1 Å². The van der Waals surface area contributed by atoms with Crippen molar-refractivity contribution in [2.75, 3.05) is 18.5 Å². The van der Waals surface area contributed by atoms with Crippen LogP contribution in [0.3, 0.4) is 0 Å². The number of hydrogen-bond acceptors (Lipinski definition) is 2. The van der Waals surface area contributed by atoms with Crippen molar-refractivity contribution in [2.24, 2.45) is 5.92 Å². The van der Waals surface area contributed by atoms with Crippen molar-refractivity contribution in [1.29, 1.82) is 0 Å². The molecule has 1 saturated heterocycles. The second-order valence-corrected chi connectivity index (χ2v) is 5.61. The monoisotopic (exact) mass is 301 g/mol. The molecule has 1 aliphatic rings. The molecule has 104 valence electrons. The number of nitrogens with one attached hydrogen (secondary N) is 1. The first-order chi connectivity index (χ1) is 9.15. The highest BCUT2D eigenvalue weighted by Gasteiger charge is 2.15. The third-order valence-electron chi connectivity index (χ3n) is 3.33. The highest BCUT2D eigenvalue weighted by Crippen LogP contribution is 2.26. The van der Waals surface area contributed by atoms with Crippen LogP contribution in [0.2, 0.25) is 10.0 Å². The molecule has 19 heavy (non-hydrogen) atoms. The molecule has 0 unspecified atom stereocenters. The quantitative estimate of drug-likeness (QED) is 0.907. The molecule has 1 fully saturated rings. The van der Waals surface area contributed by atoms with Gasteiger partial charge in [-0.15, -0.1) is 0 Å². The number of ether oxygens (including phenoxy) is 1. The van der Waals surface area contributed by atoms with Crippen molar-refractivity contribution in [3.8, 4) is 0 Å². The van der Waals surface area contributed by atoms with E-state index in [1.54, 1.807) is 18.2 Å². The molecule has 3 nitrogen and oxygen atoms in total. The first-order valence-corrected chi connectivity index (χ1v) is 7.23. The molecule has 1 amide bonds. The summed E-state index contributed by atoms with van der Waals surface area (Å²) in [5.41, 5.74) is 0.614. The third-order valence-corrected chi connectivity index (χ3v) is 3.87. The van der Waals surface area contributed by atoms with E-state index in [9.17, 15) is 4.79 Å². The average Bonchev–Trinajstić information content (AvgIpc) is 2.41. The van der Waals surface area contributed by atoms with Gasteiger partial charge in [-0.05, 0) is 43.4 Å². The molecule has 1 aliphatic heterocycles. The van der Waals surface area contributed by atoms with Gasteiger partial charge in [0.25, 0.3) is 0 Å². The van der Waals surface area contributed by atoms with Crippen LogP contribution >= 0.6 is 23.2 Å². The lowest BCUT2D eigenvalue weighted by Crippen LogP contribution is -2.18. The summed E-state index contributed by atoms with van der Waals surface area (Å²) in [6.07, 6.45) is 3.52. The second-order valence-electron chi connectivity index (χ2n) is 4.77. The van der Waals surface area contributed by atoms with Crippen LogP contribution in [0, 0.1) is 5.92 Å². The van der Waals surface area contributed by atoms with Crippen molar-refractivity contribution < 1.29 is 9.53 Å². The molecule has 0 aromatic heterocycles. The van der Waals surface area contributed by atoms with E-state index >= 15 is 0 Å². The van der Waals surface area contributed by atoms with Crippen molar-refractivity contribution >= 4 is 34.8 Å². The molecule has 1 aromatic rings. The number of anilines is 1. The van der Waals surface area contributed by atoms with E-state index in [1.807, 2.05) is 0 Å². The van der Waals surface area contributed by atoms with Gasteiger partial charge < -0.3 is 10.1 Å². The smallest absolute Gasteiger partial charge is 0.224 e. The van der Waals surface area contributed by atoms with Crippen LogP contribution < -0.4 is 5.32 Å². The van der Waals surface area contributed by atoms with Gasteiger partial charge in [-0.1, -0.05) is 23.2 Å². The lowest BCUT2D eigenvalue weighted by atomic mass is 9.95. The Hall–Kier alpha value is -0.770. The normalized spacial score (nSPS) is 16.3. The zero-order valence-corrected chi connectivity index (χ0v) is 12.1. The molecule has 5 heteroatoms. The van der Waals surface area contributed by atoms with Crippen molar-refractivity contribution in [3.63, 3.8) is 0 Å². The van der Waals surface area contributed by atoms with Crippen LogP contribution in [0.4, 0.5) is 5.69 Å². The predicted molar refractivity (Wildman–Crippen MR) is 77.9 cm³/mol. The molecule has 0 saturated carbocycles. The van der Waals surface area contributed by atoms with Crippen LogP contribution in [-0.2, 0) is 9.53 Å². The summed E-state index contributed by atoms with van der Waals surface area (Å²) in [5, 5.41) is 3.84. The van der Waals surface area contributed by atoms with Crippen molar-refractivity contribution in [2.45, 2.75) is 25.7 Å². The number of amides is 1. The zero-order valence-electron chi connectivity index (χ0n) is 10.6. The van der Waals surface area contributed by atoms with Gasteiger partial charge in [0.05, 0.1) is 10.7 Å². The number of benzene rings is 1.